The lowest BCUT2D eigenvalue weighted by Crippen LogP contribution is -2.31. The first-order valence-corrected chi connectivity index (χ1v) is 9.17. The van der Waals surface area contributed by atoms with Gasteiger partial charge >= 0.3 is 0 Å². The highest BCUT2D eigenvalue weighted by Gasteiger charge is 2.13. The first kappa shape index (κ1) is 20.1. The Bertz CT molecular complexity index is 982. The lowest BCUT2D eigenvalue weighted by molar-refractivity contribution is -0.123. The van der Waals surface area contributed by atoms with Gasteiger partial charge in [-0.1, -0.05) is 12.1 Å². The van der Waals surface area contributed by atoms with E-state index in [1.165, 1.54) is 14.0 Å². The number of ether oxygens (including phenoxy) is 2. The fraction of sp³-hybridized carbons (Fsp3) is 0.227. The summed E-state index contributed by atoms with van der Waals surface area (Å²) in [5, 5.41) is 2.91. The molecule has 0 aliphatic heterocycles. The van der Waals surface area contributed by atoms with Crippen molar-refractivity contribution in [1.82, 2.24) is 14.9 Å². The SMILES string of the molecule is COc1cc(C(C)=O)ccc1OCC(=O)NC(C)c1ccc(-n2ccnc2)cc1. The van der Waals surface area contributed by atoms with E-state index in [0.717, 1.165) is 11.3 Å². The molecule has 0 saturated heterocycles. The molecule has 3 aromatic rings. The predicted octanol–water partition coefficient (Wildman–Crippen LogP) is 3.34. The van der Waals surface area contributed by atoms with E-state index >= 15 is 0 Å². The molecule has 0 radical (unpaired) electrons. The van der Waals surface area contributed by atoms with Gasteiger partial charge in [-0.2, -0.15) is 0 Å². The molecule has 1 atom stereocenters. The Morgan fingerprint density at radius 3 is 2.52 bits per heavy atom. The zero-order valence-corrected chi connectivity index (χ0v) is 16.6. The van der Waals surface area contributed by atoms with Crippen molar-refractivity contribution < 1.29 is 19.1 Å². The molecule has 150 valence electrons. The van der Waals surface area contributed by atoms with Gasteiger partial charge in [0.25, 0.3) is 5.91 Å². The molecule has 1 N–H and O–H groups in total. The monoisotopic (exact) mass is 393 g/mol. The number of methoxy groups -OCH3 is 1. The summed E-state index contributed by atoms with van der Waals surface area (Å²) in [6.07, 6.45) is 5.32. The minimum absolute atomic E-state index is 0.0690. The molecular weight excluding hydrogens is 370 g/mol. The fourth-order valence-electron chi connectivity index (χ4n) is 2.86. The van der Waals surface area contributed by atoms with Crippen LogP contribution < -0.4 is 14.8 Å². The van der Waals surface area contributed by atoms with Crippen LogP contribution in [0.2, 0.25) is 0 Å². The van der Waals surface area contributed by atoms with Gasteiger partial charge in [0.2, 0.25) is 0 Å². The van der Waals surface area contributed by atoms with Crippen molar-refractivity contribution in [2.45, 2.75) is 19.9 Å². The van der Waals surface area contributed by atoms with Crippen LogP contribution in [-0.2, 0) is 4.79 Å². The van der Waals surface area contributed by atoms with E-state index in [0.29, 0.717) is 17.1 Å². The van der Waals surface area contributed by atoms with Crippen molar-refractivity contribution in [3.63, 3.8) is 0 Å². The van der Waals surface area contributed by atoms with Crippen molar-refractivity contribution in [2.75, 3.05) is 13.7 Å². The maximum Gasteiger partial charge on any atom is 0.258 e. The minimum atomic E-state index is -0.256. The number of hydrogen-bond donors (Lipinski definition) is 1. The summed E-state index contributed by atoms with van der Waals surface area (Å²) >= 11 is 0. The number of hydrogen-bond acceptors (Lipinski definition) is 5. The molecule has 2 aromatic carbocycles. The summed E-state index contributed by atoms with van der Waals surface area (Å²) in [6, 6.07) is 12.6. The van der Waals surface area contributed by atoms with Crippen LogP contribution in [0.25, 0.3) is 5.69 Å². The first-order valence-electron chi connectivity index (χ1n) is 9.17. The Balaban J connectivity index is 1.57. The minimum Gasteiger partial charge on any atom is -0.493 e. The van der Waals surface area contributed by atoms with Gasteiger partial charge in [0, 0.05) is 23.6 Å². The number of nitrogens with one attached hydrogen (secondary N) is 1. The van der Waals surface area contributed by atoms with Crippen molar-refractivity contribution in [1.29, 1.82) is 0 Å². The number of imidazole rings is 1. The van der Waals surface area contributed by atoms with E-state index in [2.05, 4.69) is 10.3 Å². The number of amides is 1. The largest absolute Gasteiger partial charge is 0.493 e. The third kappa shape index (κ3) is 5.01. The highest BCUT2D eigenvalue weighted by Crippen LogP contribution is 2.28. The Morgan fingerprint density at radius 1 is 1.14 bits per heavy atom. The van der Waals surface area contributed by atoms with Gasteiger partial charge in [0.05, 0.1) is 19.5 Å². The van der Waals surface area contributed by atoms with Crippen molar-refractivity contribution in [2.24, 2.45) is 0 Å². The Morgan fingerprint density at radius 2 is 1.90 bits per heavy atom. The zero-order chi connectivity index (χ0) is 20.8. The van der Waals surface area contributed by atoms with Crippen molar-refractivity contribution >= 4 is 11.7 Å². The number of carbonyl (C=O) groups excluding carboxylic acids is 2. The summed E-state index contributed by atoms with van der Waals surface area (Å²) in [5.74, 6) is 0.494. The number of carbonyl (C=O) groups is 2. The molecule has 1 unspecified atom stereocenters. The van der Waals surface area contributed by atoms with E-state index in [9.17, 15) is 9.59 Å². The summed E-state index contributed by atoms with van der Waals surface area (Å²) in [5.41, 5.74) is 2.49. The van der Waals surface area contributed by atoms with Crippen LogP contribution in [-0.4, -0.2) is 35.0 Å². The summed E-state index contributed by atoms with van der Waals surface area (Å²) in [6.45, 7) is 3.23. The van der Waals surface area contributed by atoms with Gasteiger partial charge in [-0.3, -0.25) is 9.59 Å². The van der Waals surface area contributed by atoms with Gasteiger partial charge in [0.1, 0.15) is 0 Å². The first-order chi connectivity index (χ1) is 14.0. The molecule has 0 bridgehead atoms. The zero-order valence-electron chi connectivity index (χ0n) is 16.6. The maximum atomic E-state index is 12.3. The van der Waals surface area contributed by atoms with Crippen molar-refractivity contribution in [3.05, 3.63) is 72.3 Å². The van der Waals surface area contributed by atoms with Gasteiger partial charge in [0.15, 0.2) is 23.9 Å². The van der Waals surface area contributed by atoms with Crippen LogP contribution in [0.5, 0.6) is 11.5 Å². The molecule has 0 saturated carbocycles. The topological polar surface area (TPSA) is 82.5 Å². The smallest absolute Gasteiger partial charge is 0.258 e. The highest BCUT2D eigenvalue weighted by atomic mass is 16.5. The molecule has 29 heavy (non-hydrogen) atoms. The molecule has 0 fully saturated rings. The number of nitrogens with zero attached hydrogens (tertiary/aromatic N) is 2. The molecule has 7 nitrogen and oxygen atoms in total. The van der Waals surface area contributed by atoms with Crippen LogP contribution >= 0.6 is 0 Å². The summed E-state index contributed by atoms with van der Waals surface area (Å²) in [7, 11) is 1.49. The van der Waals surface area contributed by atoms with E-state index in [4.69, 9.17) is 9.47 Å². The maximum absolute atomic E-state index is 12.3. The molecule has 0 spiro atoms. The van der Waals surface area contributed by atoms with Crippen LogP contribution in [0.4, 0.5) is 0 Å². The van der Waals surface area contributed by atoms with Crippen LogP contribution in [0.15, 0.2) is 61.2 Å². The second-order valence-corrected chi connectivity index (χ2v) is 6.56. The molecule has 0 aliphatic rings. The Labute approximate surface area is 169 Å². The molecule has 1 aromatic heterocycles. The van der Waals surface area contributed by atoms with Crippen LogP contribution in [0.3, 0.4) is 0 Å². The quantitative estimate of drug-likeness (QED) is 0.594. The standard InChI is InChI=1S/C22H23N3O4/c1-15(17-4-7-19(8-5-17)25-11-10-23-14-25)24-22(27)13-29-20-9-6-18(16(2)26)12-21(20)28-3/h4-12,14-15H,13H2,1-3H3,(H,24,27). The van der Waals surface area contributed by atoms with E-state index in [1.54, 1.807) is 30.7 Å². The van der Waals surface area contributed by atoms with E-state index in [-0.39, 0.29) is 24.3 Å². The number of aromatic nitrogens is 2. The molecule has 0 aliphatic carbocycles. The second kappa shape index (κ2) is 9.05. The number of Topliss-reactive ketones (excluding diaryl/α,β-unsaturated/α-hetero) is 1. The highest BCUT2D eigenvalue weighted by molar-refractivity contribution is 5.94. The van der Waals surface area contributed by atoms with Gasteiger partial charge in [-0.05, 0) is 49.7 Å². The molecule has 1 heterocycles. The Hall–Kier alpha value is -3.61. The molecular formula is C22H23N3O4. The van der Waals surface area contributed by atoms with E-state index in [1.807, 2.05) is 42.0 Å². The molecule has 1 amide bonds. The van der Waals surface area contributed by atoms with Crippen LogP contribution in [0.1, 0.15) is 35.8 Å². The summed E-state index contributed by atoms with van der Waals surface area (Å²) < 4.78 is 12.7. The second-order valence-electron chi connectivity index (χ2n) is 6.56. The average molecular weight is 393 g/mol. The predicted molar refractivity (Wildman–Crippen MR) is 109 cm³/mol. The van der Waals surface area contributed by atoms with Crippen molar-refractivity contribution in [3.8, 4) is 17.2 Å². The third-order valence-electron chi connectivity index (χ3n) is 4.50. The Kier molecular flexibility index (Phi) is 6.29. The van der Waals surface area contributed by atoms with Crippen LogP contribution in [0, 0.1) is 0 Å². The number of ketones is 1. The number of benzene rings is 2. The molecule has 7 heteroatoms. The lowest BCUT2D eigenvalue weighted by Gasteiger charge is -2.16. The molecule has 3 rings (SSSR count). The van der Waals surface area contributed by atoms with Gasteiger partial charge < -0.3 is 19.4 Å². The number of rotatable bonds is 8. The third-order valence-corrected chi connectivity index (χ3v) is 4.50. The fourth-order valence-corrected chi connectivity index (χ4v) is 2.86. The van der Waals surface area contributed by atoms with E-state index < -0.39 is 0 Å². The lowest BCUT2D eigenvalue weighted by atomic mass is 10.1. The van der Waals surface area contributed by atoms with Gasteiger partial charge in [-0.25, -0.2) is 4.98 Å². The van der Waals surface area contributed by atoms with Gasteiger partial charge in [-0.15, -0.1) is 0 Å². The average Bonchev–Trinajstić information content (AvgIpc) is 3.27. The normalized spacial score (nSPS) is 11.6. The summed E-state index contributed by atoms with van der Waals surface area (Å²) in [4.78, 5) is 27.8.